The smallest absolute Gasteiger partial charge is 0.335 e. The van der Waals surface area contributed by atoms with Gasteiger partial charge in [0.1, 0.15) is 5.78 Å². The summed E-state index contributed by atoms with van der Waals surface area (Å²) in [7, 11) is 0. The number of ketones is 2. The maximum atomic E-state index is 12.8. The fraction of sp³-hybridized carbons (Fsp3) is 0.567. The number of rotatable bonds is 6. The number of carboxylic acid groups (broad SMARTS) is 1. The Balaban J connectivity index is 1.38. The molecule has 2 fully saturated rings. The third-order valence-electron chi connectivity index (χ3n) is 10.0. The number of allylic oxidation sites excluding steroid dienone is 4. The number of aryl methyl sites for hydroxylation is 1. The lowest BCUT2D eigenvalue weighted by Gasteiger charge is -2.57. The molecule has 4 aliphatic rings. The Kier molecular flexibility index (Phi) is 5.90. The number of hydrogen-bond acceptors (Lipinski definition) is 3. The Morgan fingerprint density at radius 3 is 2.53 bits per heavy atom. The predicted molar refractivity (Wildman–Crippen MR) is 131 cm³/mol. The molecule has 4 heteroatoms. The second kappa shape index (κ2) is 8.62. The van der Waals surface area contributed by atoms with Crippen LogP contribution in [-0.4, -0.2) is 22.6 Å². The Labute approximate surface area is 202 Å². The van der Waals surface area contributed by atoms with Crippen molar-refractivity contribution >= 4 is 17.5 Å². The van der Waals surface area contributed by atoms with E-state index in [1.807, 2.05) is 18.2 Å². The van der Waals surface area contributed by atoms with Crippen molar-refractivity contribution in [1.82, 2.24) is 0 Å². The molecule has 34 heavy (non-hydrogen) atoms. The molecule has 0 amide bonds. The first-order valence-corrected chi connectivity index (χ1v) is 13.0. The standard InChI is InChI=1S/C30H36O4/c1-19(31)25-11-12-27-24-10-9-22-18-23(32)13-16-29(22,2)26(24)14-17-30(25,27)15-3-4-20-5-7-21(8-6-20)28(33)34/h5-10,18,24-27H,3-4,11-17H2,1-2H3,(H,33,34)/t24-,25-,26+,27+,29+,30-/m1/s1. The van der Waals surface area contributed by atoms with Crippen LogP contribution in [0.3, 0.4) is 0 Å². The minimum Gasteiger partial charge on any atom is -0.478 e. The molecule has 4 aliphatic carbocycles. The Bertz CT molecular complexity index is 1060. The molecular weight excluding hydrogens is 424 g/mol. The molecule has 180 valence electrons. The zero-order valence-corrected chi connectivity index (χ0v) is 20.4. The van der Waals surface area contributed by atoms with Crippen LogP contribution in [0.1, 0.15) is 81.1 Å². The predicted octanol–water partition coefficient (Wildman–Crippen LogP) is 6.20. The lowest BCUT2D eigenvalue weighted by molar-refractivity contribution is -0.128. The summed E-state index contributed by atoms with van der Waals surface area (Å²) < 4.78 is 0. The van der Waals surface area contributed by atoms with Crippen molar-refractivity contribution in [2.24, 2.45) is 34.5 Å². The molecule has 0 radical (unpaired) electrons. The van der Waals surface area contributed by atoms with Crippen molar-refractivity contribution in [2.75, 3.05) is 0 Å². The van der Waals surface area contributed by atoms with Crippen LogP contribution >= 0.6 is 0 Å². The number of carboxylic acids is 1. The Morgan fingerprint density at radius 2 is 1.82 bits per heavy atom. The summed E-state index contributed by atoms with van der Waals surface area (Å²) in [6.07, 6.45) is 15.5. The summed E-state index contributed by atoms with van der Waals surface area (Å²) in [6.45, 7) is 4.16. The van der Waals surface area contributed by atoms with Crippen molar-refractivity contribution in [1.29, 1.82) is 0 Å². The molecular formula is C30H36O4. The number of hydrogen-bond donors (Lipinski definition) is 1. The molecule has 0 saturated heterocycles. The van der Waals surface area contributed by atoms with E-state index >= 15 is 0 Å². The number of aromatic carboxylic acids is 1. The second-order valence-electron chi connectivity index (χ2n) is 11.5. The SMILES string of the molecule is CC(=O)[C@H]1CC[C@H]2[C@@H]3C=CC4=CC(=O)CC[C@]4(C)[C@H]3CC[C@]12CCCc1ccc(C(=O)O)cc1. The number of Topliss-reactive ketones (excluding diaryl/α,β-unsaturated/α-hetero) is 1. The first kappa shape index (κ1) is 23.3. The third kappa shape index (κ3) is 3.70. The average Bonchev–Trinajstić information content (AvgIpc) is 3.20. The fourth-order valence-electron chi connectivity index (χ4n) is 8.34. The number of carbonyl (C=O) groups excluding carboxylic acids is 2. The highest BCUT2D eigenvalue weighted by molar-refractivity contribution is 5.92. The molecule has 1 N–H and O–H groups in total. The summed E-state index contributed by atoms with van der Waals surface area (Å²) in [5.41, 5.74) is 2.86. The highest BCUT2D eigenvalue weighted by Gasteiger charge is 2.60. The molecule has 2 saturated carbocycles. The highest BCUT2D eigenvalue weighted by atomic mass is 16.4. The van der Waals surface area contributed by atoms with E-state index in [1.165, 1.54) is 5.57 Å². The van der Waals surface area contributed by atoms with Gasteiger partial charge in [-0.25, -0.2) is 4.79 Å². The summed E-state index contributed by atoms with van der Waals surface area (Å²) in [6, 6.07) is 7.22. The fourth-order valence-corrected chi connectivity index (χ4v) is 8.34. The zero-order valence-electron chi connectivity index (χ0n) is 20.4. The number of carbonyl (C=O) groups is 3. The lowest BCUT2D eigenvalue weighted by Crippen LogP contribution is -2.50. The molecule has 4 nitrogen and oxygen atoms in total. The van der Waals surface area contributed by atoms with Gasteiger partial charge < -0.3 is 5.11 Å². The maximum Gasteiger partial charge on any atom is 0.335 e. The molecule has 0 unspecified atom stereocenters. The molecule has 0 aromatic heterocycles. The van der Waals surface area contributed by atoms with Crippen LogP contribution in [0.15, 0.2) is 48.1 Å². The van der Waals surface area contributed by atoms with Crippen LogP contribution in [0, 0.1) is 34.5 Å². The Hall–Kier alpha value is -2.49. The minimum absolute atomic E-state index is 0.0699. The van der Waals surface area contributed by atoms with Gasteiger partial charge in [-0.2, -0.15) is 0 Å². The highest BCUT2D eigenvalue weighted by Crippen LogP contribution is 2.66. The normalized spacial score (nSPS) is 36.3. The summed E-state index contributed by atoms with van der Waals surface area (Å²) in [5.74, 6) is 1.44. The third-order valence-corrected chi connectivity index (χ3v) is 10.0. The van der Waals surface area contributed by atoms with Crippen LogP contribution in [0.2, 0.25) is 0 Å². The van der Waals surface area contributed by atoms with Crippen molar-refractivity contribution in [3.05, 3.63) is 59.2 Å². The quantitative estimate of drug-likeness (QED) is 0.549. The van der Waals surface area contributed by atoms with E-state index in [9.17, 15) is 14.4 Å². The molecule has 0 spiro atoms. The topological polar surface area (TPSA) is 71.4 Å². The van der Waals surface area contributed by atoms with E-state index in [1.54, 1.807) is 19.1 Å². The van der Waals surface area contributed by atoms with E-state index in [0.29, 0.717) is 35.5 Å². The molecule has 1 aromatic carbocycles. The minimum atomic E-state index is -0.894. The van der Waals surface area contributed by atoms with Crippen LogP contribution < -0.4 is 0 Å². The van der Waals surface area contributed by atoms with E-state index in [4.69, 9.17) is 5.11 Å². The van der Waals surface area contributed by atoms with Gasteiger partial charge in [0.2, 0.25) is 0 Å². The molecule has 0 bridgehead atoms. The van der Waals surface area contributed by atoms with Crippen LogP contribution in [0.4, 0.5) is 0 Å². The van der Waals surface area contributed by atoms with Gasteiger partial charge in [-0.15, -0.1) is 0 Å². The summed E-state index contributed by atoms with van der Waals surface area (Å²) >= 11 is 0. The van der Waals surface area contributed by atoms with Gasteiger partial charge in [-0.1, -0.05) is 31.2 Å². The first-order valence-electron chi connectivity index (χ1n) is 13.0. The van der Waals surface area contributed by atoms with E-state index in [-0.39, 0.29) is 22.5 Å². The molecule has 6 atom stereocenters. The van der Waals surface area contributed by atoms with Gasteiger partial charge in [-0.05, 0) is 116 Å². The van der Waals surface area contributed by atoms with Gasteiger partial charge in [0.25, 0.3) is 0 Å². The number of fused-ring (bicyclic) bond motifs is 5. The number of benzene rings is 1. The second-order valence-corrected chi connectivity index (χ2v) is 11.5. The van der Waals surface area contributed by atoms with Gasteiger partial charge in [0.05, 0.1) is 5.56 Å². The van der Waals surface area contributed by atoms with Crippen molar-refractivity contribution in [3.63, 3.8) is 0 Å². The first-order chi connectivity index (χ1) is 16.2. The maximum absolute atomic E-state index is 12.8. The van der Waals surface area contributed by atoms with Crippen molar-refractivity contribution in [2.45, 2.75) is 71.6 Å². The largest absolute Gasteiger partial charge is 0.478 e. The van der Waals surface area contributed by atoms with E-state index in [2.05, 4.69) is 19.1 Å². The van der Waals surface area contributed by atoms with Crippen molar-refractivity contribution in [3.8, 4) is 0 Å². The van der Waals surface area contributed by atoms with Gasteiger partial charge in [0.15, 0.2) is 5.78 Å². The summed E-state index contributed by atoms with van der Waals surface area (Å²) in [4.78, 5) is 36.0. The van der Waals surface area contributed by atoms with Gasteiger partial charge >= 0.3 is 5.97 Å². The summed E-state index contributed by atoms with van der Waals surface area (Å²) in [5, 5.41) is 9.15. The monoisotopic (exact) mass is 460 g/mol. The average molecular weight is 461 g/mol. The van der Waals surface area contributed by atoms with Gasteiger partial charge in [-0.3, -0.25) is 9.59 Å². The molecule has 1 aromatic rings. The lowest BCUT2D eigenvalue weighted by atomic mass is 9.47. The molecule has 0 heterocycles. The van der Waals surface area contributed by atoms with Crippen molar-refractivity contribution < 1.29 is 19.5 Å². The van der Waals surface area contributed by atoms with Gasteiger partial charge in [0, 0.05) is 12.3 Å². The molecule has 0 aliphatic heterocycles. The van der Waals surface area contributed by atoms with Crippen LogP contribution in [0.5, 0.6) is 0 Å². The zero-order chi connectivity index (χ0) is 24.1. The van der Waals surface area contributed by atoms with E-state index < -0.39 is 5.97 Å². The Morgan fingerprint density at radius 1 is 1.06 bits per heavy atom. The van der Waals surface area contributed by atoms with Crippen LogP contribution in [0.25, 0.3) is 0 Å². The molecule has 5 rings (SSSR count). The van der Waals surface area contributed by atoms with E-state index in [0.717, 1.165) is 56.9 Å². The van der Waals surface area contributed by atoms with Crippen LogP contribution in [-0.2, 0) is 16.0 Å².